The Balaban J connectivity index is 1.24. The predicted octanol–water partition coefficient (Wildman–Crippen LogP) is 14.2. The number of hydrogen-bond acceptors (Lipinski definition) is 1. The average molecular weight is 740 g/mol. The third kappa shape index (κ3) is 4.57. The number of aryl methyl sites for hydroxylation is 1. The molecular weight excluding hydrogens is 708 g/mol. The van der Waals surface area contributed by atoms with Gasteiger partial charge in [-0.05, 0) is 0 Å². The third-order valence-corrected chi connectivity index (χ3v) is 13.5. The molecule has 11 rings (SSSR count). The first kappa shape index (κ1) is 30.4. The summed E-state index contributed by atoms with van der Waals surface area (Å²) in [6, 6.07) is 64.8. The molecule has 0 bridgehead atoms. The summed E-state index contributed by atoms with van der Waals surface area (Å²) in [6.45, 7) is 2.02. The van der Waals surface area contributed by atoms with Crippen molar-refractivity contribution in [2.45, 2.75) is 6.92 Å². The van der Waals surface area contributed by atoms with Crippen molar-refractivity contribution in [2.24, 2.45) is 0 Å². The van der Waals surface area contributed by atoms with Crippen LogP contribution < -0.4 is 0 Å². The summed E-state index contributed by atoms with van der Waals surface area (Å²) in [7, 11) is 0. The summed E-state index contributed by atoms with van der Waals surface area (Å²) in [6.07, 6.45) is 0. The molecule has 0 saturated heterocycles. The van der Waals surface area contributed by atoms with Crippen molar-refractivity contribution in [1.29, 1.82) is 0 Å². The fourth-order valence-corrected chi connectivity index (χ4v) is 11.5. The average Bonchev–Trinajstić information content (AvgIpc) is 3.82. The van der Waals surface area contributed by atoms with E-state index in [1.165, 1.54) is 95.8 Å². The Morgan fingerprint density at radius 2 is 0.811 bits per heavy atom. The van der Waals surface area contributed by atoms with Crippen LogP contribution in [0.15, 0.2) is 180 Å². The van der Waals surface area contributed by atoms with Gasteiger partial charge in [-0.1, -0.05) is 0 Å². The molecule has 0 radical (unpaired) electrons. The third-order valence-electron chi connectivity index (χ3n) is 11.0. The maximum atomic E-state index is 6.30. The zero-order chi connectivity index (χ0) is 35.0. The van der Waals surface area contributed by atoms with E-state index in [1.807, 2.05) is 6.92 Å². The Morgan fingerprint density at radius 3 is 1.36 bits per heavy atom. The second kappa shape index (κ2) is 11.9. The summed E-state index contributed by atoms with van der Waals surface area (Å²) in [5.74, 6) is 1.84. The predicted molar refractivity (Wildman–Crippen MR) is 227 cm³/mol. The van der Waals surface area contributed by atoms with Crippen LogP contribution in [0.2, 0.25) is 0 Å². The van der Waals surface area contributed by atoms with Gasteiger partial charge in [0.25, 0.3) is 0 Å². The van der Waals surface area contributed by atoms with E-state index in [9.17, 15) is 0 Å². The van der Waals surface area contributed by atoms with Crippen LogP contribution in [0.5, 0.6) is 0 Å². The van der Waals surface area contributed by atoms with E-state index in [2.05, 4.69) is 176 Å². The molecular formula is C51H32OSe. The molecule has 0 unspecified atom stereocenters. The van der Waals surface area contributed by atoms with Gasteiger partial charge in [0.2, 0.25) is 0 Å². The van der Waals surface area contributed by atoms with E-state index in [0.29, 0.717) is 0 Å². The number of hydrogen-bond donors (Lipinski definition) is 0. The number of rotatable bonds is 4. The Labute approximate surface area is 313 Å². The molecule has 248 valence electrons. The first-order chi connectivity index (χ1) is 26.2. The first-order valence-corrected chi connectivity index (χ1v) is 19.9. The van der Waals surface area contributed by atoms with Crippen molar-refractivity contribution >= 4 is 76.9 Å². The maximum absolute atomic E-state index is 6.30. The van der Waals surface area contributed by atoms with Crippen LogP contribution in [0.3, 0.4) is 0 Å². The number of furan rings is 1. The second-order valence-electron chi connectivity index (χ2n) is 13.9. The molecule has 0 saturated carbocycles. The Morgan fingerprint density at radius 1 is 0.358 bits per heavy atom. The van der Waals surface area contributed by atoms with E-state index < -0.39 is 0 Å². The first-order valence-electron chi connectivity index (χ1n) is 18.2. The quantitative estimate of drug-likeness (QED) is 0.129. The van der Waals surface area contributed by atoms with Crippen molar-refractivity contribution in [3.05, 3.63) is 182 Å². The SMILES string of the molecule is Cc1ccc(-c2c3ccccc3c(-c3cccc4c3[se]c3cccc(-c5c6ccccc6c(-c6ccccc6)c6ccccc56)c34)c3ccccc23)o1. The molecule has 0 spiro atoms. The molecule has 2 aromatic heterocycles. The van der Waals surface area contributed by atoms with Crippen LogP contribution in [-0.4, -0.2) is 14.5 Å². The summed E-state index contributed by atoms with van der Waals surface area (Å²) >= 11 is 0.117. The fourth-order valence-electron chi connectivity index (χ4n) is 8.84. The molecule has 0 amide bonds. The molecule has 11 aromatic rings. The van der Waals surface area contributed by atoms with Gasteiger partial charge in [-0.15, -0.1) is 0 Å². The Bertz CT molecular complexity index is 3120. The minimum absolute atomic E-state index is 0.117. The molecule has 1 nitrogen and oxygen atoms in total. The molecule has 0 aliphatic heterocycles. The van der Waals surface area contributed by atoms with Crippen LogP contribution in [0.4, 0.5) is 0 Å². The Hall–Kier alpha value is -6.18. The van der Waals surface area contributed by atoms with Crippen molar-refractivity contribution in [3.8, 4) is 44.7 Å². The van der Waals surface area contributed by atoms with Gasteiger partial charge in [0.05, 0.1) is 0 Å². The van der Waals surface area contributed by atoms with Gasteiger partial charge >= 0.3 is 315 Å². The molecule has 0 aliphatic carbocycles. The van der Waals surface area contributed by atoms with Crippen molar-refractivity contribution in [3.63, 3.8) is 0 Å². The molecule has 2 heteroatoms. The van der Waals surface area contributed by atoms with Gasteiger partial charge in [0.1, 0.15) is 0 Å². The van der Waals surface area contributed by atoms with Crippen molar-refractivity contribution < 1.29 is 4.42 Å². The summed E-state index contributed by atoms with van der Waals surface area (Å²) < 4.78 is 9.19. The summed E-state index contributed by atoms with van der Waals surface area (Å²) in [5.41, 5.74) is 8.96. The van der Waals surface area contributed by atoms with E-state index in [-0.39, 0.29) is 14.5 Å². The van der Waals surface area contributed by atoms with Crippen LogP contribution in [-0.2, 0) is 0 Å². The molecule has 0 atom stereocenters. The van der Waals surface area contributed by atoms with Crippen molar-refractivity contribution in [2.75, 3.05) is 0 Å². The fraction of sp³-hybridized carbons (Fsp3) is 0.0196. The molecule has 53 heavy (non-hydrogen) atoms. The van der Waals surface area contributed by atoms with Gasteiger partial charge < -0.3 is 0 Å². The van der Waals surface area contributed by atoms with E-state index in [0.717, 1.165) is 17.1 Å². The number of fused-ring (bicyclic) bond motifs is 7. The number of benzene rings is 9. The molecule has 0 N–H and O–H groups in total. The standard InChI is InChI=1S/C51H32OSe/c1-31-29-30-44(52-31)49-39-23-11-9-21-37(39)48(38-22-10-12-24-40(38)49)42-26-13-27-43-50-41(25-14-28-45(50)53-51(42)43)47-35-19-7-5-17-33(35)46(32-15-3-2-4-16-32)34-18-6-8-20-36(34)47/h2-30H,1H3. The Kier molecular flexibility index (Phi) is 6.86. The van der Waals surface area contributed by atoms with Gasteiger partial charge in [-0.25, -0.2) is 0 Å². The van der Waals surface area contributed by atoms with Gasteiger partial charge in [0, 0.05) is 0 Å². The molecule has 0 aliphatic rings. The van der Waals surface area contributed by atoms with Crippen molar-refractivity contribution in [1.82, 2.24) is 0 Å². The zero-order valence-corrected chi connectivity index (χ0v) is 30.8. The van der Waals surface area contributed by atoms with Crippen LogP contribution in [0.25, 0.3) is 107 Å². The van der Waals surface area contributed by atoms with Crippen LogP contribution in [0.1, 0.15) is 5.76 Å². The summed E-state index contributed by atoms with van der Waals surface area (Å²) in [5, 5.41) is 12.8. The normalized spacial score (nSPS) is 11.9. The van der Waals surface area contributed by atoms with Gasteiger partial charge in [-0.3, -0.25) is 0 Å². The minimum atomic E-state index is 0.117. The van der Waals surface area contributed by atoms with E-state index in [1.54, 1.807) is 0 Å². The van der Waals surface area contributed by atoms with E-state index >= 15 is 0 Å². The molecule has 0 fully saturated rings. The molecule has 9 aromatic carbocycles. The van der Waals surface area contributed by atoms with Gasteiger partial charge in [-0.2, -0.15) is 0 Å². The second-order valence-corrected chi connectivity index (χ2v) is 16.1. The topological polar surface area (TPSA) is 13.1 Å². The van der Waals surface area contributed by atoms with E-state index in [4.69, 9.17) is 4.42 Å². The zero-order valence-electron chi connectivity index (χ0n) is 29.1. The monoisotopic (exact) mass is 740 g/mol. The van der Waals surface area contributed by atoms with Gasteiger partial charge in [0.15, 0.2) is 0 Å². The molecule has 2 heterocycles. The van der Waals surface area contributed by atoms with Crippen LogP contribution >= 0.6 is 0 Å². The van der Waals surface area contributed by atoms with Crippen LogP contribution in [0, 0.1) is 6.92 Å². The summed E-state index contributed by atoms with van der Waals surface area (Å²) in [4.78, 5) is 0.